The largest absolute Gasteiger partial charge is 0.373 e. The summed E-state index contributed by atoms with van der Waals surface area (Å²) in [5, 5.41) is 0. The monoisotopic (exact) mass is 282 g/mol. The van der Waals surface area contributed by atoms with Crippen LogP contribution in [0, 0.1) is 5.92 Å². The van der Waals surface area contributed by atoms with Crippen LogP contribution in [0.3, 0.4) is 0 Å². The molecule has 1 heterocycles. The molecule has 2 aliphatic rings. The van der Waals surface area contributed by atoms with E-state index in [1.807, 2.05) is 0 Å². The van der Waals surface area contributed by atoms with Crippen LogP contribution in [0.15, 0.2) is 48.1 Å². The van der Waals surface area contributed by atoms with E-state index in [0.717, 1.165) is 13.0 Å². The van der Waals surface area contributed by atoms with Crippen molar-refractivity contribution in [2.75, 3.05) is 6.61 Å². The Kier molecular flexibility index (Phi) is 4.92. The Morgan fingerprint density at radius 1 is 1.10 bits per heavy atom. The Morgan fingerprint density at radius 3 is 2.76 bits per heavy atom. The van der Waals surface area contributed by atoms with E-state index in [9.17, 15) is 0 Å². The molecule has 1 aliphatic heterocycles. The van der Waals surface area contributed by atoms with Gasteiger partial charge in [0.05, 0.1) is 12.7 Å². The van der Waals surface area contributed by atoms with E-state index in [-0.39, 0.29) is 0 Å². The van der Waals surface area contributed by atoms with E-state index in [1.165, 1.54) is 43.2 Å². The van der Waals surface area contributed by atoms with Gasteiger partial charge in [-0.2, -0.15) is 0 Å². The number of fused-ring (bicyclic) bond motifs is 1. The van der Waals surface area contributed by atoms with Crippen LogP contribution in [0.5, 0.6) is 0 Å². The summed E-state index contributed by atoms with van der Waals surface area (Å²) in [7, 11) is 0. The Labute approximate surface area is 128 Å². The molecule has 1 heteroatoms. The minimum absolute atomic E-state index is 0.354. The average Bonchev–Trinajstić information content (AvgIpc) is 2.96. The standard InChI is InChI=1S/C20H26O/c1-2-3-4-8-14-19-20-17(15-21-19)12-9-13-18(20)16-10-6-5-7-11-16/h5-7,9-12,17,19H,2-4,8,13-15H2,1H3. The smallest absolute Gasteiger partial charge is 0.0798 e. The third-order valence-electron chi connectivity index (χ3n) is 4.70. The topological polar surface area (TPSA) is 9.23 Å². The van der Waals surface area contributed by atoms with Gasteiger partial charge < -0.3 is 4.74 Å². The fourth-order valence-electron chi connectivity index (χ4n) is 3.60. The van der Waals surface area contributed by atoms with Gasteiger partial charge in [-0.3, -0.25) is 0 Å². The molecule has 1 fully saturated rings. The summed E-state index contributed by atoms with van der Waals surface area (Å²) in [5.41, 5.74) is 4.46. The number of hydrogen-bond acceptors (Lipinski definition) is 1. The molecule has 0 saturated carbocycles. The third-order valence-corrected chi connectivity index (χ3v) is 4.70. The molecule has 21 heavy (non-hydrogen) atoms. The first-order chi connectivity index (χ1) is 10.4. The Bertz CT molecular complexity index is 512. The van der Waals surface area contributed by atoms with Gasteiger partial charge in [0.2, 0.25) is 0 Å². The summed E-state index contributed by atoms with van der Waals surface area (Å²) in [5.74, 6) is 0.519. The minimum atomic E-state index is 0.354. The molecule has 2 unspecified atom stereocenters. The number of ether oxygens (including phenoxy) is 1. The predicted molar refractivity (Wildman–Crippen MR) is 89.1 cm³/mol. The van der Waals surface area contributed by atoms with Crippen LogP contribution < -0.4 is 0 Å². The summed E-state index contributed by atoms with van der Waals surface area (Å²) in [6.07, 6.45) is 12.6. The van der Waals surface area contributed by atoms with Crippen molar-refractivity contribution in [2.45, 2.75) is 51.6 Å². The van der Waals surface area contributed by atoms with Crippen molar-refractivity contribution >= 4 is 5.57 Å². The first-order valence-electron chi connectivity index (χ1n) is 8.46. The summed E-state index contributed by atoms with van der Waals surface area (Å²) in [4.78, 5) is 0. The summed E-state index contributed by atoms with van der Waals surface area (Å²) < 4.78 is 6.12. The van der Waals surface area contributed by atoms with Crippen molar-refractivity contribution in [3.8, 4) is 0 Å². The number of benzene rings is 1. The molecule has 0 radical (unpaired) electrons. The maximum atomic E-state index is 6.12. The van der Waals surface area contributed by atoms with Crippen LogP contribution in [0.4, 0.5) is 0 Å². The molecule has 3 rings (SSSR count). The van der Waals surface area contributed by atoms with Crippen molar-refractivity contribution < 1.29 is 4.74 Å². The Hall–Kier alpha value is -1.34. The van der Waals surface area contributed by atoms with Gasteiger partial charge in [0.1, 0.15) is 0 Å². The van der Waals surface area contributed by atoms with Crippen LogP contribution in [0.1, 0.15) is 51.0 Å². The molecule has 1 aliphatic carbocycles. The van der Waals surface area contributed by atoms with Crippen LogP contribution >= 0.6 is 0 Å². The minimum Gasteiger partial charge on any atom is -0.373 e. The third kappa shape index (κ3) is 3.29. The zero-order valence-electron chi connectivity index (χ0n) is 13.1. The first kappa shape index (κ1) is 14.6. The Morgan fingerprint density at radius 2 is 1.95 bits per heavy atom. The molecule has 112 valence electrons. The van der Waals surface area contributed by atoms with Gasteiger partial charge in [-0.25, -0.2) is 0 Å². The van der Waals surface area contributed by atoms with Gasteiger partial charge in [-0.15, -0.1) is 0 Å². The number of hydrogen-bond donors (Lipinski definition) is 0. The SMILES string of the molecule is CCCCCCC1OCC2C=CCC(c3ccccc3)=C21. The molecule has 0 N–H and O–H groups in total. The van der Waals surface area contributed by atoms with Gasteiger partial charge in [0.25, 0.3) is 0 Å². The van der Waals surface area contributed by atoms with Gasteiger partial charge in [0, 0.05) is 5.92 Å². The molecular formula is C20H26O. The van der Waals surface area contributed by atoms with E-state index in [1.54, 1.807) is 5.57 Å². The van der Waals surface area contributed by atoms with Crippen molar-refractivity contribution in [1.29, 1.82) is 0 Å². The quantitative estimate of drug-likeness (QED) is 0.502. The molecular weight excluding hydrogens is 256 g/mol. The zero-order chi connectivity index (χ0) is 14.5. The molecule has 1 aromatic carbocycles. The zero-order valence-corrected chi connectivity index (χ0v) is 13.1. The van der Waals surface area contributed by atoms with Gasteiger partial charge in [0.15, 0.2) is 0 Å². The fourth-order valence-corrected chi connectivity index (χ4v) is 3.60. The molecule has 0 bridgehead atoms. The Balaban J connectivity index is 1.78. The molecule has 0 aromatic heterocycles. The second-order valence-corrected chi connectivity index (χ2v) is 6.21. The summed E-state index contributed by atoms with van der Waals surface area (Å²) in [6, 6.07) is 10.9. The van der Waals surface area contributed by atoms with Crippen molar-refractivity contribution in [3.05, 3.63) is 53.6 Å². The lowest BCUT2D eigenvalue weighted by molar-refractivity contribution is 0.111. The van der Waals surface area contributed by atoms with E-state index in [2.05, 4.69) is 49.4 Å². The number of rotatable bonds is 6. The van der Waals surface area contributed by atoms with Crippen molar-refractivity contribution in [2.24, 2.45) is 5.92 Å². The highest BCUT2D eigenvalue weighted by Gasteiger charge is 2.33. The van der Waals surface area contributed by atoms with E-state index in [4.69, 9.17) is 4.74 Å². The van der Waals surface area contributed by atoms with Crippen LogP contribution in [-0.2, 0) is 4.74 Å². The van der Waals surface area contributed by atoms with E-state index < -0.39 is 0 Å². The summed E-state index contributed by atoms with van der Waals surface area (Å²) >= 11 is 0. The second-order valence-electron chi connectivity index (χ2n) is 6.21. The molecule has 0 spiro atoms. The molecule has 1 aromatic rings. The maximum absolute atomic E-state index is 6.12. The highest BCUT2D eigenvalue weighted by atomic mass is 16.5. The van der Waals surface area contributed by atoms with Gasteiger partial charge in [-0.05, 0) is 29.6 Å². The number of allylic oxidation sites excluding steroid dienone is 2. The normalized spacial score (nSPS) is 24.4. The predicted octanol–water partition coefficient (Wildman–Crippen LogP) is 5.39. The first-order valence-corrected chi connectivity index (χ1v) is 8.46. The van der Waals surface area contributed by atoms with E-state index in [0.29, 0.717) is 12.0 Å². The van der Waals surface area contributed by atoms with Gasteiger partial charge >= 0.3 is 0 Å². The highest BCUT2D eigenvalue weighted by molar-refractivity contribution is 5.73. The van der Waals surface area contributed by atoms with Crippen LogP contribution in [0.25, 0.3) is 5.57 Å². The summed E-state index contributed by atoms with van der Waals surface area (Å²) in [6.45, 7) is 3.14. The van der Waals surface area contributed by atoms with Crippen molar-refractivity contribution in [3.63, 3.8) is 0 Å². The molecule has 0 amide bonds. The lowest BCUT2D eigenvalue weighted by atomic mass is 9.82. The molecule has 1 nitrogen and oxygen atoms in total. The highest BCUT2D eigenvalue weighted by Crippen LogP contribution is 2.40. The fraction of sp³-hybridized carbons (Fsp3) is 0.500. The van der Waals surface area contributed by atoms with Crippen molar-refractivity contribution in [1.82, 2.24) is 0 Å². The number of unbranched alkanes of at least 4 members (excludes halogenated alkanes) is 3. The van der Waals surface area contributed by atoms with Gasteiger partial charge in [-0.1, -0.05) is 75.1 Å². The van der Waals surface area contributed by atoms with Crippen LogP contribution in [-0.4, -0.2) is 12.7 Å². The van der Waals surface area contributed by atoms with Crippen LogP contribution in [0.2, 0.25) is 0 Å². The lowest BCUT2D eigenvalue weighted by Gasteiger charge is -2.22. The molecule has 1 saturated heterocycles. The van der Waals surface area contributed by atoms with E-state index >= 15 is 0 Å². The maximum Gasteiger partial charge on any atom is 0.0798 e. The average molecular weight is 282 g/mol. The lowest BCUT2D eigenvalue weighted by Crippen LogP contribution is -2.13. The molecule has 2 atom stereocenters. The second kappa shape index (κ2) is 7.09.